The summed E-state index contributed by atoms with van der Waals surface area (Å²) < 4.78 is 4.90. The van der Waals surface area contributed by atoms with E-state index >= 15 is 0 Å². The predicted molar refractivity (Wildman–Crippen MR) is 43.1 cm³/mol. The molecule has 13 heavy (non-hydrogen) atoms. The van der Waals surface area contributed by atoms with Crippen LogP contribution < -0.4 is 0 Å². The Morgan fingerprint density at radius 2 is 2.46 bits per heavy atom. The van der Waals surface area contributed by atoms with Crippen LogP contribution in [-0.2, 0) is 4.79 Å². The van der Waals surface area contributed by atoms with Gasteiger partial charge in [-0.05, 0) is 13.3 Å². The number of hydrogen-bond donors (Lipinski definition) is 2. The molecule has 5 heteroatoms. The first-order valence-electron chi connectivity index (χ1n) is 3.91. The van der Waals surface area contributed by atoms with Crippen molar-refractivity contribution in [2.45, 2.75) is 25.9 Å². The molecule has 1 aromatic heterocycles. The molecule has 0 saturated heterocycles. The summed E-state index contributed by atoms with van der Waals surface area (Å²) in [7, 11) is 0. The zero-order valence-corrected chi connectivity index (χ0v) is 7.23. The van der Waals surface area contributed by atoms with E-state index in [1.54, 1.807) is 6.92 Å². The van der Waals surface area contributed by atoms with Gasteiger partial charge in [-0.15, -0.1) is 0 Å². The van der Waals surface area contributed by atoms with Crippen molar-refractivity contribution < 1.29 is 19.4 Å². The van der Waals surface area contributed by atoms with Crippen molar-refractivity contribution in [3.8, 4) is 0 Å². The third-order valence-corrected chi connectivity index (χ3v) is 1.55. The summed E-state index contributed by atoms with van der Waals surface area (Å²) >= 11 is 0. The number of rotatable bonds is 4. The van der Waals surface area contributed by atoms with E-state index in [-0.39, 0.29) is 18.7 Å². The number of oxazole rings is 1. The lowest BCUT2D eigenvalue weighted by Crippen LogP contribution is -2.02. The smallest absolute Gasteiger partial charge is 0.303 e. The second kappa shape index (κ2) is 4.04. The maximum atomic E-state index is 10.2. The number of carboxylic acids is 1. The lowest BCUT2D eigenvalue weighted by atomic mass is 10.2. The van der Waals surface area contributed by atoms with Gasteiger partial charge in [-0.2, -0.15) is 0 Å². The first-order chi connectivity index (χ1) is 6.09. The third kappa shape index (κ3) is 2.87. The number of carbonyl (C=O) groups is 1. The Morgan fingerprint density at radius 1 is 1.77 bits per heavy atom. The molecule has 0 spiro atoms. The summed E-state index contributed by atoms with van der Waals surface area (Å²) in [6.45, 7) is 1.73. The van der Waals surface area contributed by atoms with E-state index in [2.05, 4.69) is 4.98 Å². The molecule has 0 bridgehead atoms. The second-order valence-corrected chi connectivity index (χ2v) is 2.78. The van der Waals surface area contributed by atoms with Crippen molar-refractivity contribution in [1.29, 1.82) is 0 Å². The molecule has 1 heterocycles. The molecular weight excluding hydrogens is 174 g/mol. The van der Waals surface area contributed by atoms with Gasteiger partial charge >= 0.3 is 5.97 Å². The highest BCUT2D eigenvalue weighted by molar-refractivity contribution is 5.66. The summed E-state index contributed by atoms with van der Waals surface area (Å²) in [5.74, 6) is -0.763. The lowest BCUT2D eigenvalue weighted by Gasteiger charge is -2.02. The molecule has 0 aromatic carbocycles. The van der Waals surface area contributed by atoms with Gasteiger partial charge in [0, 0.05) is 6.42 Å². The van der Waals surface area contributed by atoms with Gasteiger partial charge in [-0.1, -0.05) is 0 Å². The number of carboxylic acid groups (broad SMARTS) is 1. The van der Waals surface area contributed by atoms with E-state index in [0.717, 1.165) is 0 Å². The van der Waals surface area contributed by atoms with Gasteiger partial charge in [0.1, 0.15) is 12.4 Å². The quantitative estimate of drug-likeness (QED) is 0.727. The van der Waals surface area contributed by atoms with E-state index in [1.807, 2.05) is 0 Å². The van der Waals surface area contributed by atoms with Crippen molar-refractivity contribution in [1.82, 2.24) is 4.98 Å². The molecule has 0 aliphatic heterocycles. The Hall–Kier alpha value is -1.36. The lowest BCUT2D eigenvalue weighted by molar-refractivity contribution is -0.137. The minimum Gasteiger partial charge on any atom is -0.481 e. The summed E-state index contributed by atoms with van der Waals surface area (Å²) in [5.41, 5.74) is 0.671. The van der Waals surface area contributed by atoms with Crippen molar-refractivity contribution in [2.75, 3.05) is 0 Å². The molecule has 0 aliphatic rings. The van der Waals surface area contributed by atoms with Crippen LogP contribution >= 0.6 is 0 Å². The minimum absolute atomic E-state index is 0.0946. The van der Waals surface area contributed by atoms with Gasteiger partial charge in [-0.25, -0.2) is 4.98 Å². The van der Waals surface area contributed by atoms with Crippen molar-refractivity contribution in [3.05, 3.63) is 17.8 Å². The molecule has 5 nitrogen and oxygen atoms in total. The van der Waals surface area contributed by atoms with Crippen LogP contribution in [-0.4, -0.2) is 21.2 Å². The monoisotopic (exact) mass is 185 g/mol. The van der Waals surface area contributed by atoms with Gasteiger partial charge in [0.15, 0.2) is 0 Å². The van der Waals surface area contributed by atoms with Crippen LogP contribution in [0.3, 0.4) is 0 Å². The van der Waals surface area contributed by atoms with Gasteiger partial charge in [0.05, 0.1) is 5.69 Å². The third-order valence-electron chi connectivity index (χ3n) is 1.55. The van der Waals surface area contributed by atoms with Gasteiger partial charge in [0.25, 0.3) is 0 Å². The molecule has 0 radical (unpaired) electrons. The zero-order chi connectivity index (χ0) is 9.84. The van der Waals surface area contributed by atoms with E-state index in [0.29, 0.717) is 5.69 Å². The fourth-order valence-electron chi connectivity index (χ4n) is 0.909. The van der Waals surface area contributed by atoms with Crippen LogP contribution in [0.15, 0.2) is 10.7 Å². The maximum Gasteiger partial charge on any atom is 0.303 e. The summed E-state index contributed by atoms with van der Waals surface area (Å²) in [6, 6.07) is 0. The fourth-order valence-corrected chi connectivity index (χ4v) is 0.909. The Balaban J connectivity index is 2.48. The van der Waals surface area contributed by atoms with E-state index in [9.17, 15) is 9.90 Å². The molecule has 0 amide bonds. The normalized spacial score (nSPS) is 12.8. The van der Waals surface area contributed by atoms with Crippen molar-refractivity contribution in [3.63, 3.8) is 0 Å². The Morgan fingerprint density at radius 3 is 2.92 bits per heavy atom. The number of aryl methyl sites for hydroxylation is 1. The zero-order valence-electron chi connectivity index (χ0n) is 7.23. The number of aliphatic hydroxyl groups excluding tert-OH is 1. The minimum atomic E-state index is -0.942. The standard InChI is InChI=1S/C8H11NO4/c1-5-4-13-8(9-5)6(10)2-3-7(11)12/h4,6,10H,2-3H2,1H3,(H,11,12). The molecular formula is C8H11NO4. The van der Waals surface area contributed by atoms with Crippen LogP contribution in [0.2, 0.25) is 0 Å². The molecule has 0 saturated carbocycles. The SMILES string of the molecule is Cc1coc(C(O)CCC(=O)O)n1. The number of hydrogen-bond acceptors (Lipinski definition) is 4. The number of aromatic nitrogens is 1. The first-order valence-corrected chi connectivity index (χ1v) is 3.91. The summed E-state index contributed by atoms with van der Waals surface area (Å²) in [6.07, 6.45) is 0.516. The topological polar surface area (TPSA) is 83.6 Å². The summed E-state index contributed by atoms with van der Waals surface area (Å²) in [5, 5.41) is 17.7. The highest BCUT2D eigenvalue weighted by Crippen LogP contribution is 2.16. The second-order valence-electron chi connectivity index (χ2n) is 2.78. The van der Waals surface area contributed by atoms with E-state index in [4.69, 9.17) is 9.52 Å². The van der Waals surface area contributed by atoms with Crippen LogP contribution in [0.4, 0.5) is 0 Å². The van der Waals surface area contributed by atoms with Crippen LogP contribution in [0, 0.1) is 6.92 Å². The molecule has 2 N–H and O–H groups in total. The molecule has 1 atom stereocenters. The maximum absolute atomic E-state index is 10.2. The number of nitrogens with zero attached hydrogens (tertiary/aromatic N) is 1. The average Bonchev–Trinajstić information content (AvgIpc) is 2.47. The van der Waals surface area contributed by atoms with Crippen LogP contribution in [0.25, 0.3) is 0 Å². The van der Waals surface area contributed by atoms with Gasteiger partial charge in [0.2, 0.25) is 5.89 Å². The number of aliphatic carboxylic acids is 1. The highest BCUT2D eigenvalue weighted by Gasteiger charge is 2.14. The molecule has 72 valence electrons. The average molecular weight is 185 g/mol. The van der Waals surface area contributed by atoms with Crippen LogP contribution in [0.1, 0.15) is 30.5 Å². The largest absolute Gasteiger partial charge is 0.481 e. The fraction of sp³-hybridized carbons (Fsp3) is 0.500. The molecule has 1 rings (SSSR count). The highest BCUT2D eigenvalue weighted by atomic mass is 16.4. The van der Waals surface area contributed by atoms with E-state index < -0.39 is 12.1 Å². The molecule has 0 aliphatic carbocycles. The Kier molecular flexibility index (Phi) is 3.02. The Labute approximate surface area is 75.0 Å². The van der Waals surface area contributed by atoms with Crippen LogP contribution in [0.5, 0.6) is 0 Å². The predicted octanol–water partition coefficient (Wildman–Crippen LogP) is 0.881. The molecule has 1 aromatic rings. The first kappa shape index (κ1) is 9.73. The molecule has 0 fully saturated rings. The summed E-state index contributed by atoms with van der Waals surface area (Å²) in [4.78, 5) is 14.1. The Bertz CT molecular complexity index is 294. The van der Waals surface area contributed by atoms with E-state index in [1.165, 1.54) is 6.26 Å². The van der Waals surface area contributed by atoms with Gasteiger partial charge in [-0.3, -0.25) is 4.79 Å². The molecule has 1 unspecified atom stereocenters. The van der Waals surface area contributed by atoms with Crippen molar-refractivity contribution in [2.24, 2.45) is 0 Å². The number of aliphatic hydroxyl groups is 1. The van der Waals surface area contributed by atoms with Gasteiger partial charge < -0.3 is 14.6 Å². The van der Waals surface area contributed by atoms with Crippen molar-refractivity contribution >= 4 is 5.97 Å².